The summed E-state index contributed by atoms with van der Waals surface area (Å²) in [4.78, 5) is 2.79. The molecule has 184 valence electrons. The van der Waals surface area contributed by atoms with Crippen molar-refractivity contribution in [1.29, 1.82) is 0 Å². The maximum absolute atomic E-state index is 14.2. The summed E-state index contributed by atoms with van der Waals surface area (Å²) in [5, 5.41) is 1.42. The molecule has 0 bridgehead atoms. The van der Waals surface area contributed by atoms with Gasteiger partial charge >= 0.3 is 7.60 Å². The molecule has 1 heterocycles. The van der Waals surface area contributed by atoms with E-state index in [4.69, 9.17) is 9.05 Å². The molecule has 0 radical (unpaired) electrons. The molecule has 9 heteroatoms. The molecule has 1 aliphatic rings. The highest BCUT2D eigenvalue weighted by molar-refractivity contribution is 7.89. The molecule has 35 heavy (non-hydrogen) atoms. The molecule has 1 atom stereocenters. The Morgan fingerprint density at radius 3 is 2.11 bits per heavy atom. The minimum atomic E-state index is -4.04. The summed E-state index contributed by atoms with van der Waals surface area (Å²) in [5.41, 5.74) is 3.67. The van der Waals surface area contributed by atoms with Crippen LogP contribution in [0.25, 0.3) is 11.8 Å². The maximum atomic E-state index is 14.2. The van der Waals surface area contributed by atoms with Crippen molar-refractivity contribution in [1.82, 2.24) is 9.84 Å². The van der Waals surface area contributed by atoms with Gasteiger partial charge in [0.2, 0.25) is 0 Å². The Balaban J connectivity index is 1.93. The van der Waals surface area contributed by atoms with Crippen molar-refractivity contribution in [2.75, 3.05) is 13.2 Å². The van der Waals surface area contributed by atoms with Crippen molar-refractivity contribution in [2.24, 2.45) is 0 Å². The summed E-state index contributed by atoms with van der Waals surface area (Å²) in [6.07, 6.45) is 1.88. The van der Waals surface area contributed by atoms with Crippen LogP contribution < -0.4 is 4.83 Å². The van der Waals surface area contributed by atoms with Gasteiger partial charge in [-0.15, -0.1) is 4.83 Å². The van der Waals surface area contributed by atoms with Gasteiger partial charge in [0.25, 0.3) is 10.0 Å². The van der Waals surface area contributed by atoms with Crippen molar-refractivity contribution in [3.05, 3.63) is 101 Å². The van der Waals surface area contributed by atoms with Gasteiger partial charge < -0.3 is 9.05 Å². The fourth-order valence-electron chi connectivity index (χ4n) is 4.05. The van der Waals surface area contributed by atoms with E-state index in [2.05, 4.69) is 4.83 Å². The highest BCUT2D eigenvalue weighted by Crippen LogP contribution is 2.64. The average Bonchev–Trinajstić information content (AvgIpc) is 2.84. The van der Waals surface area contributed by atoms with Crippen molar-refractivity contribution < 1.29 is 22.0 Å². The first-order valence-electron chi connectivity index (χ1n) is 11.4. The lowest BCUT2D eigenvalue weighted by molar-refractivity contribution is 0.181. The maximum Gasteiger partial charge on any atom is 0.359 e. The Morgan fingerprint density at radius 2 is 1.49 bits per heavy atom. The molecule has 0 amide bonds. The van der Waals surface area contributed by atoms with E-state index < -0.39 is 23.4 Å². The van der Waals surface area contributed by atoms with E-state index in [0.717, 1.165) is 16.7 Å². The smallest absolute Gasteiger partial charge is 0.307 e. The zero-order valence-corrected chi connectivity index (χ0v) is 21.6. The number of rotatable bonds is 9. The second kappa shape index (κ2) is 10.5. The molecule has 0 aliphatic carbocycles. The van der Waals surface area contributed by atoms with Crippen LogP contribution in [0.1, 0.15) is 41.9 Å². The van der Waals surface area contributed by atoms with Gasteiger partial charge in [0.1, 0.15) is 0 Å². The monoisotopic (exact) mass is 512 g/mol. The number of hydrogen-bond acceptors (Lipinski definition) is 6. The average molecular weight is 513 g/mol. The van der Waals surface area contributed by atoms with Crippen molar-refractivity contribution in [3.8, 4) is 0 Å². The second-order valence-corrected chi connectivity index (χ2v) is 11.8. The number of hydrazine groups is 1. The minimum Gasteiger partial charge on any atom is -0.307 e. The van der Waals surface area contributed by atoms with E-state index in [1.165, 1.54) is 5.01 Å². The number of hydrogen-bond donors (Lipinski definition) is 1. The van der Waals surface area contributed by atoms with Crippen molar-refractivity contribution >= 4 is 29.4 Å². The van der Waals surface area contributed by atoms with E-state index in [0.29, 0.717) is 11.3 Å². The Labute approximate surface area is 207 Å². The number of sulfonamides is 1. The summed E-state index contributed by atoms with van der Waals surface area (Å²) in [6, 6.07) is 23.3. The summed E-state index contributed by atoms with van der Waals surface area (Å²) in [6.45, 7) is 5.63. The van der Waals surface area contributed by atoms with E-state index in [1.807, 2.05) is 67.6 Å². The van der Waals surface area contributed by atoms with Crippen LogP contribution in [0.5, 0.6) is 0 Å². The predicted octanol–water partition coefficient (Wildman–Crippen LogP) is 5.97. The Bertz CT molecular complexity index is 1350. The number of aryl methyl sites for hydroxylation is 1. The molecule has 0 fully saturated rings. The number of fused-ring (bicyclic) bond motifs is 1. The largest absolute Gasteiger partial charge is 0.359 e. The van der Waals surface area contributed by atoms with Gasteiger partial charge in [-0.3, -0.25) is 9.57 Å². The molecule has 1 N–H and O–H groups in total. The quantitative estimate of drug-likeness (QED) is 0.356. The topological polar surface area (TPSA) is 84.9 Å². The summed E-state index contributed by atoms with van der Waals surface area (Å²) < 4.78 is 52.8. The third-order valence-corrected chi connectivity index (χ3v) is 9.28. The molecule has 7 nitrogen and oxygen atoms in total. The minimum absolute atomic E-state index is 0.0933. The van der Waals surface area contributed by atoms with Crippen LogP contribution in [-0.4, -0.2) is 26.6 Å². The molecule has 0 spiro atoms. The van der Waals surface area contributed by atoms with Crippen LogP contribution in [0.15, 0.2) is 83.8 Å². The Hall–Kier alpha value is -2.74. The van der Waals surface area contributed by atoms with Gasteiger partial charge in [0, 0.05) is 0 Å². The van der Waals surface area contributed by atoms with Crippen molar-refractivity contribution in [2.45, 2.75) is 31.4 Å². The lowest BCUT2D eigenvalue weighted by Gasteiger charge is -2.41. The molecule has 3 aromatic rings. The predicted molar refractivity (Wildman–Crippen MR) is 138 cm³/mol. The highest BCUT2D eigenvalue weighted by atomic mass is 32.2. The van der Waals surface area contributed by atoms with Crippen LogP contribution >= 0.6 is 7.60 Å². The SMILES string of the molecule is CCOP(=O)(OCC)C1c2ccccc2C=C(c2ccccc2)N1NS(=O)(=O)c1ccc(C)cc1. The first kappa shape index (κ1) is 25.4. The Kier molecular flexibility index (Phi) is 7.59. The molecule has 0 saturated carbocycles. The zero-order chi connectivity index (χ0) is 25.1. The molecule has 0 aromatic heterocycles. The molecule has 1 aliphatic heterocycles. The Morgan fingerprint density at radius 1 is 0.886 bits per heavy atom. The van der Waals surface area contributed by atoms with Crippen LogP contribution in [0.4, 0.5) is 0 Å². The summed E-state index contributed by atoms with van der Waals surface area (Å²) in [7, 11) is -7.91. The standard InChI is InChI=1S/C26H29N2O5PS/c1-4-32-34(29,33-5-2)26-24-14-10-9-13-22(24)19-25(21-11-7-6-8-12-21)28(26)27-35(30,31)23-17-15-20(3)16-18-23/h6-19,26-27H,4-5H2,1-3H3. The fraction of sp³-hybridized carbons (Fsp3) is 0.231. The van der Waals surface area contributed by atoms with E-state index in [9.17, 15) is 13.0 Å². The normalized spacial score (nSPS) is 16.0. The van der Waals surface area contributed by atoms with Gasteiger partial charge in [-0.05, 0) is 55.7 Å². The van der Waals surface area contributed by atoms with E-state index in [1.54, 1.807) is 38.1 Å². The first-order chi connectivity index (χ1) is 16.8. The van der Waals surface area contributed by atoms with Crippen LogP contribution in [-0.2, 0) is 23.6 Å². The van der Waals surface area contributed by atoms with Gasteiger partial charge in [-0.1, -0.05) is 72.3 Å². The van der Waals surface area contributed by atoms with Crippen molar-refractivity contribution in [3.63, 3.8) is 0 Å². The lowest BCUT2D eigenvalue weighted by Crippen LogP contribution is -2.45. The number of nitrogens with zero attached hydrogens (tertiary/aromatic N) is 1. The number of benzene rings is 3. The second-order valence-electron chi connectivity index (χ2n) is 8.05. The summed E-state index contributed by atoms with van der Waals surface area (Å²) >= 11 is 0. The lowest BCUT2D eigenvalue weighted by atomic mass is 9.99. The van der Waals surface area contributed by atoms with Gasteiger partial charge in [-0.25, -0.2) is 8.42 Å². The molecular weight excluding hydrogens is 483 g/mol. The highest BCUT2D eigenvalue weighted by Gasteiger charge is 2.46. The zero-order valence-electron chi connectivity index (χ0n) is 19.9. The summed E-state index contributed by atoms with van der Waals surface area (Å²) in [5.74, 6) is -1.04. The van der Waals surface area contributed by atoms with Crippen LogP contribution in [0.2, 0.25) is 0 Å². The van der Waals surface area contributed by atoms with Crippen LogP contribution in [0.3, 0.4) is 0 Å². The van der Waals surface area contributed by atoms with E-state index in [-0.39, 0.29) is 18.1 Å². The molecule has 0 saturated heterocycles. The van der Waals surface area contributed by atoms with Gasteiger partial charge in [-0.2, -0.15) is 0 Å². The third kappa shape index (κ3) is 5.27. The molecular formula is C26H29N2O5PS. The van der Waals surface area contributed by atoms with Crippen LogP contribution in [0, 0.1) is 6.92 Å². The van der Waals surface area contributed by atoms with Gasteiger partial charge in [0.05, 0.1) is 23.8 Å². The third-order valence-electron chi connectivity index (χ3n) is 5.61. The molecule has 1 unspecified atom stereocenters. The molecule has 3 aromatic carbocycles. The fourth-order valence-corrected chi connectivity index (χ4v) is 7.30. The van der Waals surface area contributed by atoms with E-state index >= 15 is 0 Å². The molecule has 4 rings (SSSR count). The number of nitrogens with one attached hydrogen (secondary N) is 1. The van der Waals surface area contributed by atoms with Gasteiger partial charge in [0.15, 0.2) is 5.78 Å². The first-order valence-corrected chi connectivity index (χ1v) is 14.5.